The number of rotatable bonds is 6. The van der Waals surface area contributed by atoms with Crippen molar-refractivity contribution in [2.75, 3.05) is 4.72 Å². The van der Waals surface area contributed by atoms with Gasteiger partial charge in [-0.3, -0.25) is 4.72 Å². The maximum atomic E-state index is 13.1. The molecule has 0 unspecified atom stereocenters. The summed E-state index contributed by atoms with van der Waals surface area (Å²) < 4.78 is 28.9. The van der Waals surface area contributed by atoms with Gasteiger partial charge in [0.2, 0.25) is 0 Å². The molecule has 31 heavy (non-hydrogen) atoms. The Balaban J connectivity index is 1.81. The Morgan fingerprint density at radius 3 is 1.97 bits per heavy atom. The van der Waals surface area contributed by atoms with Crippen LogP contribution in [0, 0.1) is 6.92 Å². The molecule has 4 aromatic carbocycles. The number of hydrogen-bond acceptors (Lipinski definition) is 2. The number of para-hydroxylation sites is 1. The first-order chi connectivity index (χ1) is 15.0. The highest BCUT2D eigenvalue weighted by Crippen LogP contribution is 2.32. The summed E-state index contributed by atoms with van der Waals surface area (Å²) in [6.07, 6.45) is 2.08. The second kappa shape index (κ2) is 9.02. The quantitative estimate of drug-likeness (QED) is 0.364. The van der Waals surface area contributed by atoms with Gasteiger partial charge in [0.05, 0.1) is 10.6 Å². The molecule has 0 aromatic heterocycles. The topological polar surface area (TPSA) is 46.2 Å². The van der Waals surface area contributed by atoms with Gasteiger partial charge in [0, 0.05) is 5.56 Å². The standard InChI is InChI=1S/C27H23NO2S/c1-21-16-18-24(19-17-21)31(29,30)28-27-15-9-8-14-25(27)26(23-12-6-3-7-13-23)20-22-10-4-2-5-11-22/h2-20,28H,1H3/b26-20+. The Morgan fingerprint density at radius 1 is 0.710 bits per heavy atom. The Labute approximate surface area is 183 Å². The predicted octanol–water partition coefficient (Wildman–Crippen LogP) is 6.38. The van der Waals surface area contributed by atoms with Crippen LogP contribution in [0.4, 0.5) is 5.69 Å². The molecule has 0 saturated carbocycles. The zero-order valence-electron chi connectivity index (χ0n) is 17.2. The highest BCUT2D eigenvalue weighted by molar-refractivity contribution is 7.92. The molecule has 3 nitrogen and oxygen atoms in total. The van der Waals surface area contributed by atoms with Crippen LogP contribution >= 0.6 is 0 Å². The molecular formula is C27H23NO2S. The molecule has 0 amide bonds. The van der Waals surface area contributed by atoms with Crippen LogP contribution in [0.15, 0.2) is 114 Å². The second-order valence-electron chi connectivity index (χ2n) is 7.30. The molecule has 1 N–H and O–H groups in total. The molecule has 4 rings (SSSR count). The van der Waals surface area contributed by atoms with Crippen molar-refractivity contribution in [1.29, 1.82) is 0 Å². The minimum absolute atomic E-state index is 0.237. The average molecular weight is 426 g/mol. The van der Waals surface area contributed by atoms with Crippen molar-refractivity contribution in [3.8, 4) is 0 Å². The first kappa shape index (κ1) is 20.6. The Hall–Kier alpha value is -3.63. The summed E-state index contributed by atoms with van der Waals surface area (Å²) in [5.74, 6) is 0. The molecule has 0 aliphatic heterocycles. The number of benzene rings is 4. The SMILES string of the molecule is Cc1ccc(S(=O)(=O)Nc2ccccc2/C(=C/c2ccccc2)c2ccccc2)cc1. The highest BCUT2D eigenvalue weighted by Gasteiger charge is 2.18. The minimum atomic E-state index is -3.72. The molecule has 0 heterocycles. The second-order valence-corrected chi connectivity index (χ2v) is 8.98. The lowest BCUT2D eigenvalue weighted by Crippen LogP contribution is -2.14. The lowest BCUT2D eigenvalue weighted by Gasteiger charge is -2.16. The Kier molecular flexibility index (Phi) is 6.01. The number of nitrogens with one attached hydrogen (secondary N) is 1. The summed E-state index contributed by atoms with van der Waals surface area (Å²) in [6.45, 7) is 1.93. The maximum Gasteiger partial charge on any atom is 0.261 e. The third kappa shape index (κ3) is 4.93. The summed E-state index contributed by atoms with van der Waals surface area (Å²) >= 11 is 0. The molecule has 4 heteroatoms. The zero-order chi connectivity index (χ0) is 21.7. The zero-order valence-corrected chi connectivity index (χ0v) is 18.0. The third-order valence-corrected chi connectivity index (χ3v) is 6.37. The highest BCUT2D eigenvalue weighted by atomic mass is 32.2. The van der Waals surface area contributed by atoms with E-state index in [0.29, 0.717) is 5.69 Å². The molecule has 0 saturated heterocycles. The van der Waals surface area contributed by atoms with Crippen molar-refractivity contribution in [2.45, 2.75) is 11.8 Å². The lowest BCUT2D eigenvalue weighted by atomic mass is 9.94. The fourth-order valence-electron chi connectivity index (χ4n) is 3.38. The maximum absolute atomic E-state index is 13.1. The fraction of sp³-hybridized carbons (Fsp3) is 0.0370. The van der Waals surface area contributed by atoms with Gasteiger partial charge in [0.25, 0.3) is 10.0 Å². The van der Waals surface area contributed by atoms with E-state index in [1.54, 1.807) is 30.3 Å². The van der Waals surface area contributed by atoms with Crippen LogP contribution in [0.1, 0.15) is 22.3 Å². The van der Waals surface area contributed by atoms with E-state index in [0.717, 1.165) is 27.8 Å². The molecule has 4 aromatic rings. The van der Waals surface area contributed by atoms with Crippen LogP contribution in [-0.4, -0.2) is 8.42 Å². The van der Waals surface area contributed by atoms with Crippen LogP contribution < -0.4 is 4.72 Å². The number of aryl methyl sites for hydroxylation is 1. The van der Waals surface area contributed by atoms with Crippen LogP contribution in [0.25, 0.3) is 11.6 Å². The van der Waals surface area contributed by atoms with Gasteiger partial charge >= 0.3 is 0 Å². The molecule has 0 bridgehead atoms. The fourth-order valence-corrected chi connectivity index (χ4v) is 4.46. The molecule has 0 radical (unpaired) electrons. The van der Waals surface area contributed by atoms with E-state index < -0.39 is 10.0 Å². The van der Waals surface area contributed by atoms with Gasteiger partial charge in [-0.15, -0.1) is 0 Å². The molecule has 154 valence electrons. The van der Waals surface area contributed by atoms with Crippen molar-refractivity contribution in [3.05, 3.63) is 131 Å². The summed E-state index contributed by atoms with van der Waals surface area (Å²) in [5.41, 5.74) is 5.35. The van der Waals surface area contributed by atoms with Gasteiger partial charge < -0.3 is 0 Å². The van der Waals surface area contributed by atoms with Crippen molar-refractivity contribution in [2.24, 2.45) is 0 Å². The minimum Gasteiger partial charge on any atom is -0.279 e. The average Bonchev–Trinajstić information content (AvgIpc) is 2.79. The molecule has 0 atom stereocenters. The first-order valence-corrected chi connectivity index (χ1v) is 11.5. The van der Waals surface area contributed by atoms with E-state index in [2.05, 4.69) is 10.8 Å². The Bertz CT molecular complexity index is 1290. The van der Waals surface area contributed by atoms with Gasteiger partial charge in [-0.25, -0.2) is 8.42 Å². The van der Waals surface area contributed by atoms with Crippen LogP contribution in [0.5, 0.6) is 0 Å². The van der Waals surface area contributed by atoms with Crippen molar-refractivity contribution in [3.63, 3.8) is 0 Å². The summed E-state index contributed by atoms with van der Waals surface area (Å²) in [4.78, 5) is 0.237. The smallest absolute Gasteiger partial charge is 0.261 e. The van der Waals surface area contributed by atoms with E-state index >= 15 is 0 Å². The van der Waals surface area contributed by atoms with E-state index in [-0.39, 0.29) is 4.90 Å². The third-order valence-electron chi connectivity index (χ3n) is 4.99. The van der Waals surface area contributed by atoms with Gasteiger partial charge in [0.15, 0.2) is 0 Å². The van der Waals surface area contributed by atoms with Gasteiger partial charge in [0.1, 0.15) is 0 Å². The molecule has 0 fully saturated rings. The van der Waals surface area contributed by atoms with Gasteiger partial charge in [-0.05, 0) is 47.9 Å². The first-order valence-electron chi connectivity index (χ1n) is 10.0. The van der Waals surface area contributed by atoms with Gasteiger partial charge in [-0.1, -0.05) is 96.6 Å². The van der Waals surface area contributed by atoms with E-state index in [1.165, 1.54) is 0 Å². The predicted molar refractivity (Wildman–Crippen MR) is 128 cm³/mol. The van der Waals surface area contributed by atoms with E-state index in [1.807, 2.05) is 85.8 Å². The van der Waals surface area contributed by atoms with Gasteiger partial charge in [-0.2, -0.15) is 0 Å². The van der Waals surface area contributed by atoms with E-state index in [9.17, 15) is 8.42 Å². The molecule has 0 spiro atoms. The summed E-state index contributed by atoms with van der Waals surface area (Å²) in [5, 5.41) is 0. The molecule has 0 aliphatic rings. The van der Waals surface area contributed by atoms with Crippen molar-refractivity contribution in [1.82, 2.24) is 0 Å². The summed E-state index contributed by atoms with van der Waals surface area (Å²) in [7, 11) is -3.72. The monoisotopic (exact) mass is 425 g/mol. The molecule has 0 aliphatic carbocycles. The number of hydrogen-bond donors (Lipinski definition) is 1. The van der Waals surface area contributed by atoms with Crippen LogP contribution in [0.2, 0.25) is 0 Å². The molecular weight excluding hydrogens is 402 g/mol. The van der Waals surface area contributed by atoms with Crippen LogP contribution in [0.3, 0.4) is 0 Å². The lowest BCUT2D eigenvalue weighted by molar-refractivity contribution is 0.601. The normalized spacial score (nSPS) is 11.8. The Morgan fingerprint density at radius 2 is 1.29 bits per heavy atom. The number of anilines is 1. The van der Waals surface area contributed by atoms with Crippen LogP contribution in [-0.2, 0) is 10.0 Å². The van der Waals surface area contributed by atoms with Crippen molar-refractivity contribution < 1.29 is 8.42 Å². The summed E-state index contributed by atoms with van der Waals surface area (Å²) in [6, 6.07) is 34.3. The van der Waals surface area contributed by atoms with Crippen molar-refractivity contribution >= 4 is 27.4 Å². The van der Waals surface area contributed by atoms with E-state index in [4.69, 9.17) is 0 Å². The largest absolute Gasteiger partial charge is 0.279 e. The number of sulfonamides is 1.